The fourth-order valence-electron chi connectivity index (χ4n) is 5.44. The molecule has 2 heterocycles. The molecule has 2 aliphatic rings. The van der Waals surface area contributed by atoms with Crippen molar-refractivity contribution < 1.29 is 19.1 Å². The first-order chi connectivity index (χ1) is 16.9. The van der Waals surface area contributed by atoms with Crippen LogP contribution >= 0.6 is 0 Å². The third-order valence-corrected chi connectivity index (χ3v) is 7.08. The van der Waals surface area contributed by atoms with E-state index in [2.05, 4.69) is 5.32 Å². The Hall–Kier alpha value is -3.97. The molecule has 0 radical (unpaired) electrons. The number of benzene rings is 3. The number of rotatable bonds is 5. The van der Waals surface area contributed by atoms with Gasteiger partial charge in [0.05, 0.1) is 24.6 Å². The summed E-state index contributed by atoms with van der Waals surface area (Å²) < 4.78 is 5.27. The van der Waals surface area contributed by atoms with Crippen molar-refractivity contribution in [1.82, 2.24) is 5.32 Å². The smallest absolute Gasteiger partial charge is 0.331 e. The molecule has 0 bridgehead atoms. The van der Waals surface area contributed by atoms with E-state index in [4.69, 9.17) is 4.74 Å². The SMILES string of the molecule is COC(=O)[C@@]1(c2ccccc2)N[C@@H](c2ccc(N(C)C)cc2)[C@@H]2C(=O)N(c3ccccc3)C(=O)[C@H]21. The van der Waals surface area contributed by atoms with Gasteiger partial charge >= 0.3 is 5.97 Å². The highest BCUT2D eigenvalue weighted by Gasteiger charge is 2.69. The maximum absolute atomic E-state index is 14.0. The van der Waals surface area contributed by atoms with Gasteiger partial charge in [0.1, 0.15) is 0 Å². The summed E-state index contributed by atoms with van der Waals surface area (Å²) >= 11 is 0. The van der Waals surface area contributed by atoms with Gasteiger partial charge < -0.3 is 9.64 Å². The number of imide groups is 1. The largest absolute Gasteiger partial charge is 0.467 e. The molecule has 5 rings (SSSR count). The van der Waals surface area contributed by atoms with Crippen molar-refractivity contribution in [3.8, 4) is 0 Å². The lowest BCUT2D eigenvalue weighted by Crippen LogP contribution is -2.53. The second kappa shape index (κ2) is 8.67. The number of carbonyl (C=O) groups excluding carboxylic acids is 3. The number of esters is 1. The van der Waals surface area contributed by atoms with Gasteiger partial charge in [-0.05, 0) is 35.4 Å². The van der Waals surface area contributed by atoms with Crippen molar-refractivity contribution in [2.75, 3.05) is 31.0 Å². The van der Waals surface area contributed by atoms with E-state index in [1.54, 1.807) is 36.4 Å². The molecule has 7 nitrogen and oxygen atoms in total. The van der Waals surface area contributed by atoms with Crippen LogP contribution in [0.3, 0.4) is 0 Å². The number of ether oxygens (including phenoxy) is 1. The zero-order chi connectivity index (χ0) is 24.7. The summed E-state index contributed by atoms with van der Waals surface area (Å²) in [4.78, 5) is 44.6. The summed E-state index contributed by atoms with van der Waals surface area (Å²) in [5.41, 5.74) is 1.39. The molecule has 0 aliphatic carbocycles. The lowest BCUT2D eigenvalue weighted by atomic mass is 9.75. The van der Waals surface area contributed by atoms with Crippen LogP contribution < -0.4 is 15.1 Å². The van der Waals surface area contributed by atoms with Gasteiger partial charge in [-0.1, -0.05) is 60.7 Å². The number of hydrogen-bond donors (Lipinski definition) is 1. The molecule has 0 saturated carbocycles. The van der Waals surface area contributed by atoms with E-state index in [0.717, 1.165) is 11.3 Å². The van der Waals surface area contributed by atoms with E-state index in [-0.39, 0.29) is 5.91 Å². The number of anilines is 2. The highest BCUT2D eigenvalue weighted by atomic mass is 16.5. The predicted molar refractivity (Wildman–Crippen MR) is 133 cm³/mol. The van der Waals surface area contributed by atoms with Crippen molar-refractivity contribution in [2.24, 2.45) is 11.8 Å². The Labute approximate surface area is 204 Å². The van der Waals surface area contributed by atoms with Crippen LogP contribution in [0.1, 0.15) is 17.2 Å². The Balaban J connectivity index is 1.70. The van der Waals surface area contributed by atoms with E-state index >= 15 is 0 Å². The Morgan fingerprint density at radius 2 is 1.49 bits per heavy atom. The van der Waals surface area contributed by atoms with Gasteiger partial charge in [-0.25, -0.2) is 9.69 Å². The van der Waals surface area contributed by atoms with Gasteiger partial charge in [0, 0.05) is 25.8 Å². The number of amides is 2. The summed E-state index contributed by atoms with van der Waals surface area (Å²) in [5.74, 6) is -3.10. The Bertz CT molecular complexity index is 1260. The molecule has 2 amide bonds. The lowest BCUT2D eigenvalue weighted by Gasteiger charge is -2.33. The second-order valence-corrected chi connectivity index (χ2v) is 9.12. The number of carbonyl (C=O) groups is 3. The van der Waals surface area contributed by atoms with Gasteiger partial charge in [0.15, 0.2) is 5.54 Å². The van der Waals surface area contributed by atoms with Crippen molar-refractivity contribution in [1.29, 1.82) is 0 Å². The van der Waals surface area contributed by atoms with Gasteiger partial charge in [0.2, 0.25) is 11.8 Å². The quantitative estimate of drug-likeness (QED) is 0.457. The van der Waals surface area contributed by atoms with Crippen LogP contribution in [-0.4, -0.2) is 39.0 Å². The molecule has 0 aromatic heterocycles. The number of fused-ring (bicyclic) bond motifs is 1. The molecule has 3 aromatic rings. The van der Waals surface area contributed by atoms with Crippen molar-refractivity contribution >= 4 is 29.2 Å². The molecule has 1 N–H and O–H groups in total. The standard InChI is InChI=1S/C28H27N3O4/c1-30(2)20-16-14-18(15-17-20)24-22-23(26(33)31(25(22)32)21-12-8-5-9-13-21)28(29-24,27(34)35-3)19-10-6-4-7-11-19/h4-17,22-24,29H,1-3H3/t22-,23+,24+,28+/m1/s1. The zero-order valence-electron chi connectivity index (χ0n) is 19.8. The topological polar surface area (TPSA) is 79.0 Å². The molecular formula is C28H27N3O4. The normalized spacial score (nSPS) is 25.5. The fraction of sp³-hybridized carbons (Fsp3) is 0.250. The highest BCUT2D eigenvalue weighted by Crippen LogP contribution is 2.54. The van der Waals surface area contributed by atoms with Gasteiger partial charge in [-0.2, -0.15) is 0 Å². The van der Waals surface area contributed by atoms with E-state index in [1.165, 1.54) is 12.0 Å². The second-order valence-electron chi connectivity index (χ2n) is 9.12. The first-order valence-electron chi connectivity index (χ1n) is 11.5. The average molecular weight is 470 g/mol. The Morgan fingerprint density at radius 3 is 2.06 bits per heavy atom. The minimum absolute atomic E-state index is 0.331. The van der Waals surface area contributed by atoms with Gasteiger partial charge in [-0.3, -0.25) is 14.9 Å². The highest BCUT2D eigenvalue weighted by molar-refractivity contribution is 6.24. The third kappa shape index (κ3) is 3.42. The summed E-state index contributed by atoms with van der Waals surface area (Å²) in [6.07, 6.45) is 0. The van der Waals surface area contributed by atoms with Crippen LogP contribution in [0.5, 0.6) is 0 Å². The van der Waals surface area contributed by atoms with Crippen molar-refractivity contribution in [3.05, 3.63) is 96.1 Å². The monoisotopic (exact) mass is 469 g/mol. The number of nitrogens with zero attached hydrogens (tertiary/aromatic N) is 2. The van der Waals surface area contributed by atoms with Crippen molar-refractivity contribution in [2.45, 2.75) is 11.6 Å². The van der Waals surface area contributed by atoms with Crippen LogP contribution in [-0.2, 0) is 24.7 Å². The molecule has 2 aliphatic heterocycles. The summed E-state index contributed by atoms with van der Waals surface area (Å²) in [7, 11) is 5.21. The first-order valence-corrected chi connectivity index (χ1v) is 11.5. The van der Waals surface area contributed by atoms with Gasteiger partial charge in [-0.15, -0.1) is 0 Å². The molecule has 7 heteroatoms. The predicted octanol–water partition coefficient (Wildman–Crippen LogP) is 3.27. The van der Waals surface area contributed by atoms with E-state index < -0.39 is 35.3 Å². The van der Waals surface area contributed by atoms with Crippen LogP contribution in [0.15, 0.2) is 84.9 Å². The minimum atomic E-state index is -1.51. The van der Waals surface area contributed by atoms with Gasteiger partial charge in [0.25, 0.3) is 0 Å². The number of hydrogen-bond acceptors (Lipinski definition) is 6. The number of nitrogens with one attached hydrogen (secondary N) is 1. The van der Waals surface area contributed by atoms with E-state index in [0.29, 0.717) is 11.3 Å². The third-order valence-electron chi connectivity index (χ3n) is 7.08. The maximum atomic E-state index is 14.0. The van der Waals surface area contributed by atoms with Crippen molar-refractivity contribution in [3.63, 3.8) is 0 Å². The Morgan fingerprint density at radius 1 is 0.886 bits per heavy atom. The Kier molecular flexibility index (Phi) is 5.65. The average Bonchev–Trinajstić information content (AvgIpc) is 3.39. The van der Waals surface area contributed by atoms with E-state index in [9.17, 15) is 14.4 Å². The molecule has 3 aromatic carbocycles. The van der Waals surface area contributed by atoms with Crippen LogP contribution in [0.2, 0.25) is 0 Å². The molecule has 2 fully saturated rings. The van der Waals surface area contributed by atoms with E-state index in [1.807, 2.05) is 67.5 Å². The molecular weight excluding hydrogens is 442 g/mol. The summed E-state index contributed by atoms with van der Waals surface area (Å²) in [5, 5.41) is 3.41. The molecule has 4 atom stereocenters. The molecule has 0 unspecified atom stereocenters. The maximum Gasteiger partial charge on any atom is 0.331 e. The van der Waals surface area contributed by atoms with Crippen LogP contribution in [0.4, 0.5) is 11.4 Å². The number of methoxy groups -OCH3 is 1. The minimum Gasteiger partial charge on any atom is -0.467 e. The molecule has 178 valence electrons. The first kappa shape index (κ1) is 22.8. The fourth-order valence-corrected chi connectivity index (χ4v) is 5.44. The summed E-state index contributed by atoms with van der Waals surface area (Å²) in [6.45, 7) is 0. The molecule has 35 heavy (non-hydrogen) atoms. The molecule has 2 saturated heterocycles. The van der Waals surface area contributed by atoms with Crippen LogP contribution in [0, 0.1) is 11.8 Å². The van der Waals surface area contributed by atoms with Crippen LogP contribution in [0.25, 0.3) is 0 Å². The summed E-state index contributed by atoms with van der Waals surface area (Å²) in [6, 6.07) is 25.1. The zero-order valence-corrected chi connectivity index (χ0v) is 19.8. The lowest BCUT2D eigenvalue weighted by molar-refractivity contribution is -0.152. The number of para-hydroxylation sites is 1. The molecule has 0 spiro atoms.